The lowest BCUT2D eigenvalue weighted by Crippen LogP contribution is -2.28. The molecule has 0 saturated carbocycles. The summed E-state index contributed by atoms with van der Waals surface area (Å²) in [6.07, 6.45) is 9.86. The molecule has 0 heterocycles. The molecule has 0 fully saturated rings. The summed E-state index contributed by atoms with van der Waals surface area (Å²) in [5.74, 6) is 2.70. The van der Waals surface area contributed by atoms with Gasteiger partial charge < -0.3 is 5.32 Å². The fourth-order valence-electron chi connectivity index (χ4n) is 1.16. The van der Waals surface area contributed by atoms with Gasteiger partial charge in [-0.3, -0.25) is 0 Å². The fraction of sp³-hybridized carbons (Fsp3) is 0.800. The highest BCUT2D eigenvalue weighted by Crippen LogP contribution is 2.03. The Balaban J connectivity index is 3.44. The van der Waals surface area contributed by atoms with Crippen molar-refractivity contribution in [1.82, 2.24) is 5.32 Å². The second-order valence-corrected chi connectivity index (χ2v) is 2.81. The zero-order valence-corrected chi connectivity index (χ0v) is 7.69. The highest BCUT2D eigenvalue weighted by molar-refractivity contribution is 4.89. The quantitative estimate of drug-likeness (QED) is 0.577. The van der Waals surface area contributed by atoms with E-state index in [4.69, 9.17) is 6.42 Å². The first kappa shape index (κ1) is 10.5. The molecule has 1 N–H and O–H groups in total. The van der Waals surface area contributed by atoms with Crippen LogP contribution in [0.3, 0.4) is 0 Å². The first-order chi connectivity index (χ1) is 5.35. The molecular weight excluding hydrogens is 134 g/mol. The monoisotopic (exact) mass is 153 g/mol. The van der Waals surface area contributed by atoms with E-state index in [0.29, 0.717) is 6.04 Å². The van der Waals surface area contributed by atoms with Crippen molar-refractivity contribution in [3.8, 4) is 12.3 Å². The van der Waals surface area contributed by atoms with Crippen LogP contribution in [-0.2, 0) is 0 Å². The Morgan fingerprint density at radius 1 is 1.45 bits per heavy atom. The summed E-state index contributed by atoms with van der Waals surface area (Å²) in [5, 5.41) is 3.38. The molecule has 0 amide bonds. The summed E-state index contributed by atoms with van der Waals surface area (Å²) in [6, 6.07) is 0.546. The maximum absolute atomic E-state index is 5.24. The molecule has 1 nitrogen and oxygen atoms in total. The van der Waals surface area contributed by atoms with Crippen molar-refractivity contribution in [1.29, 1.82) is 0 Å². The topological polar surface area (TPSA) is 12.0 Å². The number of hydrogen-bond acceptors (Lipinski definition) is 1. The van der Waals surface area contributed by atoms with Crippen LogP contribution in [0.5, 0.6) is 0 Å². The zero-order valence-electron chi connectivity index (χ0n) is 7.69. The molecule has 0 aromatic carbocycles. The Labute approximate surface area is 70.6 Å². The molecule has 0 saturated heterocycles. The average molecular weight is 153 g/mol. The van der Waals surface area contributed by atoms with Crippen molar-refractivity contribution in [2.24, 2.45) is 0 Å². The van der Waals surface area contributed by atoms with E-state index in [1.807, 2.05) is 0 Å². The second kappa shape index (κ2) is 7.63. The molecule has 0 rings (SSSR count). The van der Waals surface area contributed by atoms with Crippen LogP contribution >= 0.6 is 0 Å². The van der Waals surface area contributed by atoms with Gasteiger partial charge in [-0.25, -0.2) is 0 Å². The van der Waals surface area contributed by atoms with Crippen LogP contribution in [-0.4, -0.2) is 12.6 Å². The largest absolute Gasteiger partial charge is 0.313 e. The third-order valence-corrected chi connectivity index (χ3v) is 1.76. The van der Waals surface area contributed by atoms with Gasteiger partial charge in [-0.05, 0) is 13.0 Å². The molecule has 0 aromatic rings. The minimum atomic E-state index is 0.546. The van der Waals surface area contributed by atoms with E-state index in [-0.39, 0.29) is 0 Å². The van der Waals surface area contributed by atoms with Crippen molar-refractivity contribution >= 4 is 0 Å². The predicted octanol–water partition coefficient (Wildman–Crippen LogP) is 2.18. The molecule has 0 aliphatic carbocycles. The maximum atomic E-state index is 5.24. The Bertz CT molecular complexity index is 113. The van der Waals surface area contributed by atoms with Gasteiger partial charge in [-0.15, -0.1) is 12.3 Å². The minimum absolute atomic E-state index is 0.546. The molecule has 1 unspecified atom stereocenters. The first-order valence-corrected chi connectivity index (χ1v) is 4.52. The van der Waals surface area contributed by atoms with E-state index < -0.39 is 0 Å². The third-order valence-electron chi connectivity index (χ3n) is 1.76. The summed E-state index contributed by atoms with van der Waals surface area (Å²) in [7, 11) is 0. The van der Waals surface area contributed by atoms with Gasteiger partial charge in [0, 0.05) is 12.5 Å². The number of terminal acetylenes is 1. The van der Waals surface area contributed by atoms with Crippen LogP contribution in [0.4, 0.5) is 0 Å². The summed E-state index contributed by atoms with van der Waals surface area (Å²) >= 11 is 0. The second-order valence-electron chi connectivity index (χ2n) is 2.81. The Kier molecular flexibility index (Phi) is 7.29. The highest BCUT2D eigenvalue weighted by Gasteiger charge is 2.02. The lowest BCUT2D eigenvalue weighted by Gasteiger charge is -2.13. The summed E-state index contributed by atoms with van der Waals surface area (Å²) < 4.78 is 0. The van der Waals surface area contributed by atoms with Crippen LogP contribution < -0.4 is 5.32 Å². The Morgan fingerprint density at radius 2 is 2.18 bits per heavy atom. The van der Waals surface area contributed by atoms with Crippen LogP contribution in [0.15, 0.2) is 0 Å². The van der Waals surface area contributed by atoms with Crippen LogP contribution in [0.25, 0.3) is 0 Å². The predicted molar refractivity (Wildman–Crippen MR) is 50.4 cm³/mol. The van der Waals surface area contributed by atoms with Gasteiger partial charge in [0.1, 0.15) is 0 Å². The zero-order chi connectivity index (χ0) is 8.53. The number of nitrogens with one attached hydrogen (secondary N) is 1. The van der Waals surface area contributed by atoms with E-state index in [0.717, 1.165) is 13.0 Å². The van der Waals surface area contributed by atoms with E-state index >= 15 is 0 Å². The SMILES string of the molecule is C#CCC(CCCC)NCC. The molecule has 0 aromatic heterocycles. The fourth-order valence-corrected chi connectivity index (χ4v) is 1.16. The minimum Gasteiger partial charge on any atom is -0.313 e. The Hall–Kier alpha value is -0.480. The van der Waals surface area contributed by atoms with E-state index in [1.165, 1.54) is 19.3 Å². The van der Waals surface area contributed by atoms with Gasteiger partial charge in [0.05, 0.1) is 0 Å². The van der Waals surface area contributed by atoms with Crippen molar-refractivity contribution in [2.75, 3.05) is 6.54 Å². The molecule has 0 bridgehead atoms. The van der Waals surface area contributed by atoms with Gasteiger partial charge in [0.15, 0.2) is 0 Å². The summed E-state index contributed by atoms with van der Waals surface area (Å²) in [5.41, 5.74) is 0. The van der Waals surface area contributed by atoms with Crippen molar-refractivity contribution in [2.45, 2.75) is 45.6 Å². The third kappa shape index (κ3) is 5.94. The number of unbranched alkanes of at least 4 members (excludes halogenated alkanes) is 1. The first-order valence-electron chi connectivity index (χ1n) is 4.52. The van der Waals surface area contributed by atoms with Crippen molar-refractivity contribution in [3.05, 3.63) is 0 Å². The number of hydrogen-bond donors (Lipinski definition) is 1. The molecular formula is C10H19N. The molecule has 0 aliphatic rings. The molecule has 64 valence electrons. The molecule has 0 radical (unpaired) electrons. The molecule has 11 heavy (non-hydrogen) atoms. The van der Waals surface area contributed by atoms with Crippen LogP contribution in [0.1, 0.15) is 39.5 Å². The Morgan fingerprint density at radius 3 is 2.64 bits per heavy atom. The lowest BCUT2D eigenvalue weighted by atomic mass is 10.1. The van der Waals surface area contributed by atoms with Gasteiger partial charge in [0.2, 0.25) is 0 Å². The summed E-state index contributed by atoms with van der Waals surface area (Å²) in [6.45, 7) is 5.35. The number of rotatable bonds is 6. The highest BCUT2D eigenvalue weighted by atomic mass is 14.9. The average Bonchev–Trinajstić information content (AvgIpc) is 2.01. The summed E-state index contributed by atoms with van der Waals surface area (Å²) in [4.78, 5) is 0. The van der Waals surface area contributed by atoms with E-state index in [1.54, 1.807) is 0 Å². The molecule has 1 heteroatoms. The molecule has 1 atom stereocenters. The maximum Gasteiger partial charge on any atom is 0.0240 e. The van der Waals surface area contributed by atoms with Crippen molar-refractivity contribution in [3.63, 3.8) is 0 Å². The van der Waals surface area contributed by atoms with Crippen LogP contribution in [0.2, 0.25) is 0 Å². The lowest BCUT2D eigenvalue weighted by molar-refractivity contribution is 0.484. The van der Waals surface area contributed by atoms with Gasteiger partial charge in [0.25, 0.3) is 0 Å². The molecule has 0 aliphatic heterocycles. The van der Waals surface area contributed by atoms with E-state index in [2.05, 4.69) is 25.1 Å². The van der Waals surface area contributed by atoms with Gasteiger partial charge >= 0.3 is 0 Å². The van der Waals surface area contributed by atoms with Crippen LogP contribution in [0, 0.1) is 12.3 Å². The van der Waals surface area contributed by atoms with E-state index in [9.17, 15) is 0 Å². The van der Waals surface area contributed by atoms with Gasteiger partial charge in [-0.1, -0.05) is 26.7 Å². The normalized spacial score (nSPS) is 12.5. The van der Waals surface area contributed by atoms with Gasteiger partial charge in [-0.2, -0.15) is 0 Å². The van der Waals surface area contributed by atoms with Crippen molar-refractivity contribution < 1.29 is 0 Å². The standard InChI is InChI=1S/C10H19N/c1-4-7-9-10(8-5-2)11-6-3/h2,10-11H,4,6-9H2,1,3H3. The molecule has 0 spiro atoms. The smallest absolute Gasteiger partial charge is 0.0240 e.